The normalized spacial score (nSPS) is 16.6. The number of rotatable bonds is 6. The molecule has 11 heteroatoms. The molecule has 0 heterocycles. The maximum Gasteiger partial charge on any atom is 0.416 e. The van der Waals surface area contributed by atoms with Crippen molar-refractivity contribution in [3.05, 3.63) is 88.5 Å². The Morgan fingerprint density at radius 1 is 1.03 bits per heavy atom. The molecule has 0 spiro atoms. The second-order valence-corrected chi connectivity index (χ2v) is 10.4. The Labute approximate surface area is 218 Å². The molecule has 0 bridgehead atoms. The largest absolute Gasteiger partial charge is 0.416 e. The first-order valence-corrected chi connectivity index (χ1v) is 13.1. The molecular formula is C27H25F3N4O3S. The summed E-state index contributed by atoms with van der Waals surface area (Å²) >= 11 is 0. The third-order valence-electron chi connectivity index (χ3n) is 6.37. The first-order chi connectivity index (χ1) is 17.9. The molecule has 1 atom stereocenters. The number of fused-ring (bicyclic) bond motifs is 1. The molecule has 198 valence electrons. The smallest absolute Gasteiger partial charge is 0.282 e. The van der Waals surface area contributed by atoms with E-state index in [9.17, 15) is 26.1 Å². The third kappa shape index (κ3) is 5.89. The van der Waals surface area contributed by atoms with Gasteiger partial charge in [0.1, 0.15) is 10.6 Å². The molecule has 1 N–H and O–H groups in total. The summed E-state index contributed by atoms with van der Waals surface area (Å²) in [6, 6.07) is 11.7. The molecule has 1 unspecified atom stereocenters. The molecule has 38 heavy (non-hydrogen) atoms. The first kappa shape index (κ1) is 27.3. The summed E-state index contributed by atoms with van der Waals surface area (Å²) in [5.74, 6) is 0. The second-order valence-electron chi connectivity index (χ2n) is 8.99. The zero-order valence-electron chi connectivity index (χ0n) is 20.9. The number of nitrogens with zero attached hydrogens (tertiary/aromatic N) is 4. The van der Waals surface area contributed by atoms with Gasteiger partial charge >= 0.3 is 6.18 Å². The van der Waals surface area contributed by atoms with Crippen molar-refractivity contribution in [2.75, 3.05) is 0 Å². The van der Waals surface area contributed by atoms with Crippen LogP contribution in [0.3, 0.4) is 0 Å². The molecule has 0 saturated heterocycles. The summed E-state index contributed by atoms with van der Waals surface area (Å²) in [4.78, 5) is -0.423. The molecule has 4 rings (SSSR count). The van der Waals surface area contributed by atoms with Gasteiger partial charge in [0.25, 0.3) is 10.1 Å². The number of benzene rings is 3. The highest BCUT2D eigenvalue weighted by molar-refractivity contribution is 7.86. The van der Waals surface area contributed by atoms with Crippen molar-refractivity contribution in [2.24, 2.45) is 20.5 Å². The Kier molecular flexibility index (Phi) is 7.61. The monoisotopic (exact) mass is 542 g/mol. The number of alkyl halides is 3. The van der Waals surface area contributed by atoms with Crippen LogP contribution in [-0.2, 0) is 16.7 Å². The van der Waals surface area contributed by atoms with Crippen molar-refractivity contribution in [2.45, 2.75) is 50.9 Å². The van der Waals surface area contributed by atoms with Gasteiger partial charge in [-0.15, -0.1) is 0 Å². The van der Waals surface area contributed by atoms with Gasteiger partial charge in [-0.05, 0) is 78.4 Å². The highest BCUT2D eigenvalue weighted by Crippen LogP contribution is 2.39. The van der Waals surface area contributed by atoms with Crippen LogP contribution in [0.4, 0.5) is 24.5 Å². The van der Waals surface area contributed by atoms with Gasteiger partial charge in [-0.25, -0.2) is 0 Å². The number of allylic oxidation sites excluding steroid dienone is 2. The summed E-state index contributed by atoms with van der Waals surface area (Å²) in [6.45, 7) is 5.73. The van der Waals surface area contributed by atoms with Crippen molar-refractivity contribution < 1.29 is 26.1 Å². The van der Waals surface area contributed by atoms with Crippen LogP contribution < -0.4 is 0 Å². The number of azo groups is 2. The lowest BCUT2D eigenvalue weighted by molar-refractivity contribution is -0.0886. The fourth-order valence-corrected chi connectivity index (χ4v) is 5.18. The van der Waals surface area contributed by atoms with E-state index in [0.29, 0.717) is 23.2 Å². The maximum absolute atomic E-state index is 12.9. The van der Waals surface area contributed by atoms with E-state index in [0.717, 1.165) is 34.2 Å². The first-order valence-electron chi connectivity index (χ1n) is 11.7. The van der Waals surface area contributed by atoms with Crippen LogP contribution in [0.15, 0.2) is 91.6 Å². The van der Waals surface area contributed by atoms with E-state index < -0.39 is 32.8 Å². The van der Waals surface area contributed by atoms with Crippen molar-refractivity contribution in [1.29, 1.82) is 0 Å². The Bertz CT molecular complexity index is 1610. The standard InChI is InChI=1S/C27H25F3N4O3S/c1-16-13-19-14-24(38(35,36)37)26(34-33-22-11-9-20(10-12-22)27(28,29)30)18(3)25(19)17(2)23(16)15-31-32-21-7-5-4-6-8-21/h4-11,13-14,22H,12,15H2,1-3H3,(H,35,36,37). The SMILES string of the molecule is Cc1cc2cc(S(=O)(=O)O)c(N=NC3C=CC(C(F)(F)F)=CC3)c(C)c2c(C)c1CN=Nc1ccccc1. The molecule has 0 saturated carbocycles. The minimum Gasteiger partial charge on any atom is -0.282 e. The lowest BCUT2D eigenvalue weighted by Crippen LogP contribution is -2.14. The van der Waals surface area contributed by atoms with Crippen LogP contribution in [0.5, 0.6) is 0 Å². The van der Waals surface area contributed by atoms with E-state index >= 15 is 0 Å². The maximum atomic E-state index is 12.9. The minimum absolute atomic E-state index is 0.0442. The van der Waals surface area contributed by atoms with Crippen LogP contribution in [0.2, 0.25) is 0 Å². The Morgan fingerprint density at radius 2 is 1.74 bits per heavy atom. The summed E-state index contributed by atoms with van der Waals surface area (Å²) in [5.41, 5.74) is 2.96. The molecule has 3 aromatic carbocycles. The van der Waals surface area contributed by atoms with Gasteiger partial charge in [-0.3, -0.25) is 4.55 Å². The molecule has 0 aromatic heterocycles. The summed E-state index contributed by atoms with van der Waals surface area (Å²) in [6.07, 6.45) is -1.30. The third-order valence-corrected chi connectivity index (χ3v) is 7.24. The van der Waals surface area contributed by atoms with Gasteiger partial charge in [0.05, 0.1) is 23.8 Å². The van der Waals surface area contributed by atoms with E-state index in [-0.39, 0.29) is 12.1 Å². The highest BCUT2D eigenvalue weighted by Gasteiger charge is 2.33. The van der Waals surface area contributed by atoms with Crippen LogP contribution in [0.1, 0.15) is 28.7 Å². The van der Waals surface area contributed by atoms with E-state index in [4.69, 9.17) is 0 Å². The predicted octanol–water partition coefficient (Wildman–Crippen LogP) is 8.20. The number of aryl methyl sites for hydroxylation is 3. The Balaban J connectivity index is 1.75. The lowest BCUT2D eigenvalue weighted by Gasteiger charge is -2.17. The molecule has 0 radical (unpaired) electrons. The Hall–Kier alpha value is -3.70. The number of hydrogen-bond donors (Lipinski definition) is 1. The molecule has 7 nitrogen and oxygen atoms in total. The van der Waals surface area contributed by atoms with Crippen LogP contribution >= 0.6 is 0 Å². The van der Waals surface area contributed by atoms with Crippen LogP contribution in [-0.4, -0.2) is 25.2 Å². The second kappa shape index (κ2) is 10.6. The fraction of sp³-hybridized carbons (Fsp3) is 0.259. The zero-order chi connectivity index (χ0) is 27.7. The highest BCUT2D eigenvalue weighted by atomic mass is 32.2. The van der Waals surface area contributed by atoms with Gasteiger partial charge in [-0.1, -0.05) is 42.5 Å². The number of hydrogen-bond acceptors (Lipinski definition) is 6. The topological polar surface area (TPSA) is 104 Å². The molecule has 0 aliphatic heterocycles. The average molecular weight is 543 g/mol. The molecular weight excluding hydrogens is 517 g/mol. The van der Waals surface area contributed by atoms with Crippen molar-refractivity contribution in [1.82, 2.24) is 0 Å². The average Bonchev–Trinajstić information content (AvgIpc) is 2.85. The van der Waals surface area contributed by atoms with E-state index in [1.165, 1.54) is 12.1 Å². The van der Waals surface area contributed by atoms with Crippen LogP contribution in [0.25, 0.3) is 10.8 Å². The molecule has 1 aliphatic carbocycles. The minimum atomic E-state index is -4.68. The quantitative estimate of drug-likeness (QED) is 0.251. The lowest BCUT2D eigenvalue weighted by atomic mass is 9.92. The van der Waals surface area contributed by atoms with Crippen molar-refractivity contribution >= 4 is 32.3 Å². The Morgan fingerprint density at radius 3 is 2.34 bits per heavy atom. The van der Waals surface area contributed by atoms with Gasteiger partial charge in [0.2, 0.25) is 0 Å². The van der Waals surface area contributed by atoms with E-state index in [1.54, 1.807) is 6.92 Å². The van der Waals surface area contributed by atoms with Gasteiger partial charge in [-0.2, -0.15) is 42.0 Å². The molecule has 1 aliphatic rings. The summed E-state index contributed by atoms with van der Waals surface area (Å²) in [7, 11) is -4.68. The van der Waals surface area contributed by atoms with Gasteiger partial charge < -0.3 is 0 Å². The van der Waals surface area contributed by atoms with Crippen molar-refractivity contribution in [3.63, 3.8) is 0 Å². The molecule has 3 aromatic rings. The number of halogens is 3. The van der Waals surface area contributed by atoms with Crippen LogP contribution in [0, 0.1) is 20.8 Å². The van der Waals surface area contributed by atoms with Gasteiger partial charge in [0.15, 0.2) is 0 Å². The molecule has 0 amide bonds. The van der Waals surface area contributed by atoms with Gasteiger partial charge in [0, 0.05) is 0 Å². The van der Waals surface area contributed by atoms with E-state index in [1.807, 2.05) is 50.2 Å². The van der Waals surface area contributed by atoms with Crippen molar-refractivity contribution in [3.8, 4) is 0 Å². The molecule has 0 fully saturated rings. The zero-order valence-corrected chi connectivity index (χ0v) is 21.7. The summed E-state index contributed by atoms with van der Waals surface area (Å²) < 4.78 is 73.1. The fourth-order valence-electron chi connectivity index (χ4n) is 4.46. The van der Waals surface area contributed by atoms with E-state index in [2.05, 4.69) is 20.5 Å². The summed E-state index contributed by atoms with van der Waals surface area (Å²) in [5, 5.41) is 18.1. The predicted molar refractivity (Wildman–Crippen MR) is 139 cm³/mol.